The molecule has 156 valence electrons. The summed E-state index contributed by atoms with van der Waals surface area (Å²) in [6.07, 6.45) is 1.45. The number of nitrogens with one attached hydrogen (secondary N) is 1. The Morgan fingerprint density at radius 2 is 1.97 bits per heavy atom. The van der Waals surface area contributed by atoms with Crippen molar-refractivity contribution in [2.75, 3.05) is 7.11 Å². The standard InChI is InChI=1S/C23H17ClFN3O3/c1-30-22-11-16(13-27-28-23(29)17-8-5-15(12-26)6-9-17)7-10-21(22)31-14-18-19(24)3-2-4-20(18)25/h2-11,13H,14H2,1H3,(H,28,29)/b27-13-. The molecule has 0 aromatic heterocycles. The first-order chi connectivity index (χ1) is 15.0. The van der Waals surface area contributed by atoms with Crippen LogP contribution in [0.5, 0.6) is 11.5 Å². The van der Waals surface area contributed by atoms with Crippen molar-refractivity contribution in [3.63, 3.8) is 0 Å². The first-order valence-corrected chi connectivity index (χ1v) is 9.47. The molecule has 0 fully saturated rings. The van der Waals surface area contributed by atoms with E-state index in [4.69, 9.17) is 26.3 Å². The molecule has 0 spiro atoms. The minimum Gasteiger partial charge on any atom is -0.493 e. The highest BCUT2D eigenvalue weighted by molar-refractivity contribution is 6.31. The molecule has 3 rings (SSSR count). The zero-order valence-corrected chi connectivity index (χ0v) is 17.2. The van der Waals surface area contributed by atoms with Gasteiger partial charge in [-0.25, -0.2) is 9.82 Å². The lowest BCUT2D eigenvalue weighted by Gasteiger charge is -2.12. The molecule has 0 aliphatic heterocycles. The summed E-state index contributed by atoms with van der Waals surface area (Å²) < 4.78 is 24.9. The van der Waals surface area contributed by atoms with E-state index in [1.807, 2.05) is 6.07 Å². The monoisotopic (exact) mass is 437 g/mol. The zero-order chi connectivity index (χ0) is 22.2. The highest BCUT2D eigenvalue weighted by Gasteiger charge is 2.11. The zero-order valence-electron chi connectivity index (χ0n) is 16.4. The summed E-state index contributed by atoms with van der Waals surface area (Å²) in [5, 5.41) is 13.0. The average Bonchev–Trinajstić information content (AvgIpc) is 2.79. The Morgan fingerprint density at radius 3 is 2.65 bits per heavy atom. The van der Waals surface area contributed by atoms with Crippen LogP contribution in [0.3, 0.4) is 0 Å². The molecule has 31 heavy (non-hydrogen) atoms. The third kappa shape index (κ3) is 5.59. The van der Waals surface area contributed by atoms with Crippen LogP contribution in [0.2, 0.25) is 5.02 Å². The van der Waals surface area contributed by atoms with Crippen LogP contribution in [0.1, 0.15) is 27.0 Å². The molecule has 0 aliphatic rings. The minimum absolute atomic E-state index is 0.0596. The minimum atomic E-state index is -0.451. The van der Waals surface area contributed by atoms with E-state index in [2.05, 4.69) is 10.5 Å². The number of ether oxygens (including phenoxy) is 2. The van der Waals surface area contributed by atoms with Crippen molar-refractivity contribution in [3.8, 4) is 17.6 Å². The highest BCUT2D eigenvalue weighted by Crippen LogP contribution is 2.29. The lowest BCUT2D eigenvalue weighted by molar-refractivity contribution is 0.0955. The maximum absolute atomic E-state index is 13.9. The molecule has 8 heteroatoms. The van der Waals surface area contributed by atoms with E-state index in [1.54, 1.807) is 48.5 Å². The maximum Gasteiger partial charge on any atom is 0.271 e. The molecule has 3 aromatic rings. The topological polar surface area (TPSA) is 83.7 Å². The van der Waals surface area contributed by atoms with E-state index in [-0.39, 0.29) is 17.2 Å². The third-order valence-electron chi connectivity index (χ3n) is 4.28. The Morgan fingerprint density at radius 1 is 1.19 bits per heavy atom. The molecule has 6 nitrogen and oxygen atoms in total. The lowest BCUT2D eigenvalue weighted by atomic mass is 10.1. The summed E-state index contributed by atoms with van der Waals surface area (Å²) in [6.45, 7) is -0.0596. The number of amides is 1. The fraction of sp³-hybridized carbons (Fsp3) is 0.0870. The summed E-state index contributed by atoms with van der Waals surface area (Å²) in [5.74, 6) is -0.0435. The Balaban J connectivity index is 1.65. The van der Waals surface area contributed by atoms with Gasteiger partial charge in [0.2, 0.25) is 0 Å². The van der Waals surface area contributed by atoms with Gasteiger partial charge in [0.15, 0.2) is 11.5 Å². The first kappa shape index (κ1) is 21.8. The number of hydrazone groups is 1. The summed E-state index contributed by atoms with van der Waals surface area (Å²) in [6, 6.07) is 17.6. The molecular formula is C23H17ClFN3O3. The largest absolute Gasteiger partial charge is 0.493 e. The van der Waals surface area contributed by atoms with Gasteiger partial charge in [-0.2, -0.15) is 10.4 Å². The molecule has 0 aliphatic carbocycles. The van der Waals surface area contributed by atoms with Gasteiger partial charge in [-0.1, -0.05) is 17.7 Å². The summed E-state index contributed by atoms with van der Waals surface area (Å²) in [5.41, 5.74) is 4.16. The molecule has 0 radical (unpaired) electrons. The van der Waals surface area contributed by atoms with E-state index >= 15 is 0 Å². The van der Waals surface area contributed by atoms with Crippen LogP contribution in [0.4, 0.5) is 4.39 Å². The molecule has 1 N–H and O–H groups in total. The van der Waals surface area contributed by atoms with Gasteiger partial charge in [-0.15, -0.1) is 0 Å². The number of halogens is 2. The van der Waals surface area contributed by atoms with Crippen LogP contribution in [-0.4, -0.2) is 19.2 Å². The van der Waals surface area contributed by atoms with Gasteiger partial charge >= 0.3 is 0 Å². The fourth-order valence-corrected chi connectivity index (χ4v) is 2.85. The Kier molecular flexibility index (Phi) is 7.20. The van der Waals surface area contributed by atoms with Crippen LogP contribution >= 0.6 is 11.6 Å². The van der Waals surface area contributed by atoms with E-state index in [0.717, 1.165) is 0 Å². The van der Waals surface area contributed by atoms with Crippen molar-refractivity contribution >= 4 is 23.7 Å². The Hall–Kier alpha value is -3.89. The van der Waals surface area contributed by atoms with Crippen LogP contribution in [0.15, 0.2) is 65.8 Å². The van der Waals surface area contributed by atoms with Crippen molar-refractivity contribution in [3.05, 3.63) is 93.8 Å². The summed E-state index contributed by atoms with van der Waals surface area (Å²) in [4.78, 5) is 12.1. The van der Waals surface area contributed by atoms with Crippen LogP contribution in [0.25, 0.3) is 0 Å². The predicted molar refractivity (Wildman–Crippen MR) is 115 cm³/mol. The number of hydrogen-bond acceptors (Lipinski definition) is 5. The summed E-state index contributed by atoms with van der Waals surface area (Å²) in [7, 11) is 1.48. The van der Waals surface area contributed by atoms with E-state index in [0.29, 0.717) is 28.2 Å². The number of carbonyl (C=O) groups excluding carboxylic acids is 1. The molecule has 0 atom stereocenters. The van der Waals surface area contributed by atoms with Crippen LogP contribution in [0, 0.1) is 17.1 Å². The number of nitriles is 1. The number of methoxy groups -OCH3 is 1. The second-order valence-electron chi connectivity index (χ2n) is 6.29. The third-order valence-corrected chi connectivity index (χ3v) is 4.63. The lowest BCUT2D eigenvalue weighted by Crippen LogP contribution is -2.17. The summed E-state index contributed by atoms with van der Waals surface area (Å²) >= 11 is 6.02. The maximum atomic E-state index is 13.9. The second-order valence-corrected chi connectivity index (χ2v) is 6.69. The SMILES string of the molecule is COc1cc(/C=N\NC(=O)c2ccc(C#N)cc2)ccc1OCc1c(F)cccc1Cl. The molecule has 3 aromatic carbocycles. The van der Waals surface area contributed by atoms with Gasteiger partial charge in [0, 0.05) is 11.1 Å². The predicted octanol–water partition coefficient (Wildman–Crippen LogP) is 4.70. The highest BCUT2D eigenvalue weighted by atomic mass is 35.5. The second kappa shape index (κ2) is 10.2. The van der Waals surface area contributed by atoms with Crippen molar-refractivity contribution in [2.45, 2.75) is 6.61 Å². The fourth-order valence-electron chi connectivity index (χ4n) is 2.63. The quantitative estimate of drug-likeness (QED) is 0.429. The van der Waals surface area contributed by atoms with E-state index in [1.165, 1.54) is 25.5 Å². The van der Waals surface area contributed by atoms with Gasteiger partial charge in [0.05, 0.1) is 30.0 Å². The van der Waals surface area contributed by atoms with Crippen molar-refractivity contribution in [2.24, 2.45) is 5.10 Å². The number of benzene rings is 3. The molecule has 0 bridgehead atoms. The molecule has 0 saturated heterocycles. The molecule has 0 unspecified atom stereocenters. The van der Waals surface area contributed by atoms with Gasteiger partial charge in [0.1, 0.15) is 12.4 Å². The number of carbonyl (C=O) groups is 1. The van der Waals surface area contributed by atoms with E-state index in [9.17, 15) is 9.18 Å². The first-order valence-electron chi connectivity index (χ1n) is 9.09. The smallest absolute Gasteiger partial charge is 0.271 e. The number of nitrogens with zero attached hydrogens (tertiary/aromatic N) is 2. The van der Waals surface area contributed by atoms with Crippen LogP contribution < -0.4 is 14.9 Å². The molecule has 0 heterocycles. The van der Waals surface area contributed by atoms with Crippen molar-refractivity contribution in [1.29, 1.82) is 5.26 Å². The molecule has 0 saturated carbocycles. The number of hydrogen-bond donors (Lipinski definition) is 1. The Bertz CT molecular complexity index is 1140. The van der Waals surface area contributed by atoms with Gasteiger partial charge in [-0.05, 0) is 60.2 Å². The number of rotatable bonds is 7. The van der Waals surface area contributed by atoms with E-state index < -0.39 is 11.7 Å². The average molecular weight is 438 g/mol. The van der Waals surface area contributed by atoms with Gasteiger partial charge < -0.3 is 9.47 Å². The molecular weight excluding hydrogens is 421 g/mol. The molecule has 1 amide bonds. The van der Waals surface area contributed by atoms with Gasteiger partial charge in [0.25, 0.3) is 5.91 Å². The van der Waals surface area contributed by atoms with Crippen molar-refractivity contribution in [1.82, 2.24) is 5.43 Å². The van der Waals surface area contributed by atoms with Crippen LogP contribution in [-0.2, 0) is 6.61 Å². The van der Waals surface area contributed by atoms with Crippen molar-refractivity contribution < 1.29 is 18.7 Å². The normalized spacial score (nSPS) is 10.5. The Labute approximate surface area is 183 Å². The van der Waals surface area contributed by atoms with Gasteiger partial charge in [-0.3, -0.25) is 4.79 Å².